The van der Waals surface area contributed by atoms with Crippen molar-refractivity contribution < 1.29 is 9.53 Å². The van der Waals surface area contributed by atoms with E-state index in [9.17, 15) is 4.79 Å². The molecule has 0 aliphatic heterocycles. The second-order valence-corrected chi connectivity index (χ2v) is 5.95. The number of hydrogen-bond donors (Lipinski definition) is 0. The molecule has 0 aliphatic rings. The van der Waals surface area contributed by atoms with Crippen molar-refractivity contribution >= 4 is 17.4 Å². The first-order valence-corrected chi connectivity index (χ1v) is 6.63. The van der Waals surface area contributed by atoms with Crippen molar-refractivity contribution in [3.8, 4) is 5.75 Å². The topological polar surface area (TPSA) is 26.3 Å². The van der Waals surface area contributed by atoms with E-state index in [1.807, 2.05) is 52.8 Å². The summed E-state index contributed by atoms with van der Waals surface area (Å²) in [7, 11) is 0. The number of benzene rings is 1. The summed E-state index contributed by atoms with van der Waals surface area (Å²) < 4.78 is 5.78. The van der Waals surface area contributed by atoms with E-state index >= 15 is 0 Å². The predicted octanol–water partition coefficient (Wildman–Crippen LogP) is 3.90. The first kappa shape index (κ1) is 15.0. The Balaban J connectivity index is 2.93. The second-order valence-electron chi connectivity index (χ2n) is 5.64. The molecule has 1 aromatic rings. The van der Waals surface area contributed by atoms with Gasteiger partial charge in [0, 0.05) is 5.41 Å². The lowest BCUT2D eigenvalue weighted by molar-refractivity contribution is -0.132. The average Bonchev–Trinajstić information content (AvgIpc) is 2.28. The van der Waals surface area contributed by atoms with Crippen LogP contribution in [0.1, 0.15) is 31.9 Å². The van der Waals surface area contributed by atoms with Gasteiger partial charge in [-0.1, -0.05) is 32.9 Å². The van der Waals surface area contributed by atoms with Crippen LogP contribution in [0.25, 0.3) is 0 Å². The first-order chi connectivity index (χ1) is 8.25. The second kappa shape index (κ2) is 5.75. The van der Waals surface area contributed by atoms with E-state index < -0.39 is 11.5 Å². The van der Waals surface area contributed by atoms with Crippen molar-refractivity contribution in [3.05, 3.63) is 29.3 Å². The SMILES string of the molecule is Cc1ccc(C)c(OC(CCl)C(=O)C(C)(C)C)c1. The molecule has 3 heteroatoms. The number of ether oxygens (including phenoxy) is 1. The summed E-state index contributed by atoms with van der Waals surface area (Å²) in [5.74, 6) is 0.931. The highest BCUT2D eigenvalue weighted by molar-refractivity contribution is 6.20. The molecule has 100 valence electrons. The van der Waals surface area contributed by atoms with Crippen LogP contribution >= 0.6 is 11.6 Å². The molecule has 18 heavy (non-hydrogen) atoms. The Kier molecular flexibility index (Phi) is 4.80. The van der Waals surface area contributed by atoms with Crippen molar-refractivity contribution in [3.63, 3.8) is 0 Å². The quantitative estimate of drug-likeness (QED) is 0.774. The summed E-state index contributed by atoms with van der Waals surface area (Å²) in [6.45, 7) is 9.58. The minimum atomic E-state index is -0.591. The smallest absolute Gasteiger partial charge is 0.179 e. The highest BCUT2D eigenvalue weighted by Crippen LogP contribution is 2.24. The zero-order valence-electron chi connectivity index (χ0n) is 11.7. The molecule has 0 saturated carbocycles. The van der Waals surface area contributed by atoms with Gasteiger partial charge in [-0.25, -0.2) is 0 Å². The summed E-state index contributed by atoms with van der Waals surface area (Å²) in [6.07, 6.45) is -0.591. The van der Waals surface area contributed by atoms with Crippen LogP contribution in [0.3, 0.4) is 0 Å². The molecule has 0 spiro atoms. The third-order valence-electron chi connectivity index (χ3n) is 2.78. The monoisotopic (exact) mass is 268 g/mol. The van der Waals surface area contributed by atoms with Crippen LogP contribution in [0.4, 0.5) is 0 Å². The van der Waals surface area contributed by atoms with E-state index in [0.29, 0.717) is 0 Å². The van der Waals surface area contributed by atoms with Gasteiger partial charge < -0.3 is 4.74 Å². The van der Waals surface area contributed by atoms with Gasteiger partial charge in [0.05, 0.1) is 5.88 Å². The summed E-state index contributed by atoms with van der Waals surface area (Å²) in [5.41, 5.74) is 1.67. The van der Waals surface area contributed by atoms with Crippen LogP contribution in [0.5, 0.6) is 5.75 Å². The summed E-state index contributed by atoms with van der Waals surface area (Å²) in [6, 6.07) is 5.94. The fourth-order valence-corrected chi connectivity index (χ4v) is 1.83. The number of aryl methyl sites for hydroxylation is 2. The Labute approximate surface area is 114 Å². The van der Waals surface area contributed by atoms with E-state index in [1.165, 1.54) is 0 Å². The predicted molar refractivity (Wildman–Crippen MR) is 75.5 cm³/mol. The molecular formula is C15H21ClO2. The van der Waals surface area contributed by atoms with E-state index in [-0.39, 0.29) is 11.7 Å². The molecule has 0 aromatic heterocycles. The van der Waals surface area contributed by atoms with Crippen LogP contribution in [-0.4, -0.2) is 17.8 Å². The van der Waals surface area contributed by atoms with Gasteiger partial charge in [0.2, 0.25) is 0 Å². The lowest BCUT2D eigenvalue weighted by Crippen LogP contribution is -2.38. The Morgan fingerprint density at radius 1 is 1.33 bits per heavy atom. The van der Waals surface area contributed by atoms with Crippen LogP contribution in [-0.2, 0) is 4.79 Å². The molecule has 0 bridgehead atoms. The molecule has 0 saturated heterocycles. The Morgan fingerprint density at radius 2 is 1.94 bits per heavy atom. The number of alkyl halides is 1. The van der Waals surface area contributed by atoms with Crippen molar-refractivity contribution in [2.45, 2.75) is 40.7 Å². The summed E-state index contributed by atoms with van der Waals surface area (Å²) in [5, 5.41) is 0. The average molecular weight is 269 g/mol. The number of halogens is 1. The minimum absolute atomic E-state index is 0.0263. The Morgan fingerprint density at radius 3 is 2.44 bits per heavy atom. The molecule has 0 fully saturated rings. The zero-order chi connectivity index (χ0) is 13.9. The standard InChI is InChI=1S/C15H21ClO2/c1-10-6-7-11(2)12(8-10)18-13(9-16)14(17)15(3,4)5/h6-8,13H,9H2,1-5H3. The third kappa shape index (κ3) is 3.74. The van der Waals surface area contributed by atoms with E-state index in [0.717, 1.165) is 16.9 Å². The number of ketones is 1. The number of rotatable bonds is 4. The molecular weight excluding hydrogens is 248 g/mol. The van der Waals surface area contributed by atoms with Gasteiger partial charge in [-0.15, -0.1) is 11.6 Å². The fourth-order valence-electron chi connectivity index (χ4n) is 1.63. The molecule has 1 aromatic carbocycles. The third-order valence-corrected chi connectivity index (χ3v) is 3.06. The van der Waals surface area contributed by atoms with Gasteiger partial charge in [-0.05, 0) is 31.0 Å². The maximum atomic E-state index is 12.2. The fraction of sp³-hybridized carbons (Fsp3) is 0.533. The molecule has 0 heterocycles. The first-order valence-electron chi connectivity index (χ1n) is 6.10. The van der Waals surface area contributed by atoms with Crippen LogP contribution < -0.4 is 4.74 Å². The maximum absolute atomic E-state index is 12.2. The summed E-state index contributed by atoms with van der Waals surface area (Å²) >= 11 is 5.86. The van der Waals surface area contributed by atoms with Gasteiger partial charge in [0.15, 0.2) is 11.9 Å². The maximum Gasteiger partial charge on any atom is 0.179 e. The minimum Gasteiger partial charge on any atom is -0.481 e. The van der Waals surface area contributed by atoms with Gasteiger partial charge in [-0.3, -0.25) is 4.79 Å². The number of Topliss-reactive ketones (excluding diaryl/α,β-unsaturated/α-hetero) is 1. The van der Waals surface area contributed by atoms with E-state index in [2.05, 4.69) is 0 Å². The highest BCUT2D eigenvalue weighted by atomic mass is 35.5. The molecule has 0 N–H and O–H groups in total. The van der Waals surface area contributed by atoms with Crippen molar-refractivity contribution in [2.75, 3.05) is 5.88 Å². The van der Waals surface area contributed by atoms with Gasteiger partial charge in [0.1, 0.15) is 5.75 Å². The lowest BCUT2D eigenvalue weighted by Gasteiger charge is -2.24. The van der Waals surface area contributed by atoms with Crippen molar-refractivity contribution in [1.82, 2.24) is 0 Å². The molecule has 1 atom stereocenters. The number of carbonyl (C=O) groups excluding carboxylic acids is 1. The van der Waals surface area contributed by atoms with Crippen LogP contribution in [0, 0.1) is 19.3 Å². The molecule has 2 nitrogen and oxygen atoms in total. The van der Waals surface area contributed by atoms with E-state index in [4.69, 9.17) is 16.3 Å². The number of hydrogen-bond acceptors (Lipinski definition) is 2. The molecule has 1 rings (SSSR count). The zero-order valence-corrected chi connectivity index (χ0v) is 12.5. The van der Waals surface area contributed by atoms with Gasteiger partial charge in [0.25, 0.3) is 0 Å². The molecule has 0 radical (unpaired) electrons. The summed E-state index contributed by atoms with van der Waals surface area (Å²) in [4.78, 5) is 12.2. The largest absolute Gasteiger partial charge is 0.481 e. The normalized spacial score (nSPS) is 13.2. The molecule has 0 amide bonds. The van der Waals surface area contributed by atoms with Crippen molar-refractivity contribution in [1.29, 1.82) is 0 Å². The van der Waals surface area contributed by atoms with Crippen molar-refractivity contribution in [2.24, 2.45) is 5.41 Å². The van der Waals surface area contributed by atoms with Gasteiger partial charge >= 0.3 is 0 Å². The molecule has 1 unspecified atom stereocenters. The van der Waals surface area contributed by atoms with E-state index in [1.54, 1.807) is 0 Å². The van der Waals surface area contributed by atoms with Gasteiger partial charge in [-0.2, -0.15) is 0 Å². The Bertz CT molecular complexity index is 433. The molecule has 0 aliphatic carbocycles. The Hall–Kier alpha value is -1.02. The van der Waals surface area contributed by atoms with Crippen LogP contribution in [0.2, 0.25) is 0 Å². The highest BCUT2D eigenvalue weighted by Gasteiger charge is 2.30. The number of carbonyl (C=O) groups is 1. The lowest BCUT2D eigenvalue weighted by atomic mass is 9.88. The van der Waals surface area contributed by atoms with Crippen LogP contribution in [0.15, 0.2) is 18.2 Å².